The number of aryl methyl sites for hydroxylation is 1. The van der Waals surface area contributed by atoms with Crippen LogP contribution in [-0.2, 0) is 11.8 Å². The lowest BCUT2D eigenvalue weighted by molar-refractivity contribution is -0.122. The predicted molar refractivity (Wildman–Crippen MR) is 103 cm³/mol. The molecule has 0 fully saturated rings. The second-order valence-electron chi connectivity index (χ2n) is 6.46. The number of aromatic nitrogens is 1. The molecule has 0 bridgehead atoms. The smallest absolute Gasteiger partial charge is 0.248 e. The van der Waals surface area contributed by atoms with E-state index < -0.39 is 0 Å². The molecule has 4 rings (SSSR count). The second-order valence-corrected chi connectivity index (χ2v) is 6.46. The zero-order chi connectivity index (χ0) is 18.1. The Morgan fingerprint density at radius 2 is 1.96 bits per heavy atom. The van der Waals surface area contributed by atoms with Crippen molar-refractivity contribution in [1.82, 2.24) is 9.99 Å². The molecule has 132 valence electrons. The molecular weight excluding hydrogens is 326 g/mol. The van der Waals surface area contributed by atoms with E-state index in [0.717, 1.165) is 33.5 Å². The minimum atomic E-state index is -0.250. The maximum atomic E-state index is 12.5. The summed E-state index contributed by atoms with van der Waals surface area (Å²) in [6.45, 7) is 2.60. The van der Waals surface area contributed by atoms with Crippen LogP contribution in [0.2, 0.25) is 0 Å². The summed E-state index contributed by atoms with van der Waals surface area (Å²) < 4.78 is 7.56. The molecule has 5 heteroatoms. The average molecular weight is 347 g/mol. The highest BCUT2D eigenvalue weighted by Crippen LogP contribution is 2.32. The average Bonchev–Trinajstić information content (AvgIpc) is 3.00. The van der Waals surface area contributed by atoms with Crippen molar-refractivity contribution in [3.8, 4) is 5.75 Å². The van der Waals surface area contributed by atoms with Gasteiger partial charge in [-0.05, 0) is 48.4 Å². The van der Waals surface area contributed by atoms with Gasteiger partial charge in [-0.3, -0.25) is 4.79 Å². The van der Waals surface area contributed by atoms with E-state index in [1.165, 1.54) is 0 Å². The van der Waals surface area contributed by atoms with Crippen LogP contribution in [0.5, 0.6) is 5.75 Å². The molecule has 1 aliphatic heterocycles. The number of ether oxygens (including phenoxy) is 1. The molecule has 2 aromatic carbocycles. The Morgan fingerprint density at radius 3 is 2.73 bits per heavy atom. The molecule has 0 saturated carbocycles. The molecule has 3 aromatic rings. The molecular formula is C21H21N3O2. The zero-order valence-electron chi connectivity index (χ0n) is 14.9. The quantitative estimate of drug-likeness (QED) is 0.784. The van der Waals surface area contributed by atoms with Gasteiger partial charge in [-0.15, -0.1) is 0 Å². The van der Waals surface area contributed by atoms with Crippen molar-refractivity contribution in [1.29, 1.82) is 0 Å². The number of benzene rings is 2. The van der Waals surface area contributed by atoms with E-state index in [9.17, 15) is 4.79 Å². The summed E-state index contributed by atoms with van der Waals surface area (Å²) in [7, 11) is 2.01. The number of carbonyl (C=O) groups excluding carboxylic acids is 1. The van der Waals surface area contributed by atoms with Gasteiger partial charge in [0.05, 0.1) is 18.2 Å². The number of nitrogens with one attached hydrogen (secondary N) is 1. The van der Waals surface area contributed by atoms with Gasteiger partial charge in [0.1, 0.15) is 5.75 Å². The number of hydrogen-bond donors (Lipinski definition) is 1. The van der Waals surface area contributed by atoms with E-state index in [2.05, 4.69) is 33.4 Å². The molecule has 0 spiro atoms. The third-order valence-corrected chi connectivity index (χ3v) is 4.82. The molecule has 2 heterocycles. The lowest BCUT2D eigenvalue weighted by Gasteiger charge is -2.21. The van der Waals surface area contributed by atoms with Crippen LogP contribution in [0.4, 0.5) is 0 Å². The van der Waals surface area contributed by atoms with Crippen molar-refractivity contribution in [3.63, 3.8) is 0 Å². The number of hydrogen-bond acceptors (Lipinski definition) is 3. The van der Waals surface area contributed by atoms with E-state index in [1.807, 2.05) is 50.4 Å². The summed E-state index contributed by atoms with van der Waals surface area (Å²) in [5, 5.41) is 5.40. The number of para-hydroxylation sites is 1. The lowest BCUT2D eigenvalue weighted by atomic mass is 9.89. The summed E-state index contributed by atoms with van der Waals surface area (Å²) in [5.74, 6) is 0.526. The summed E-state index contributed by atoms with van der Waals surface area (Å²) in [6, 6.07) is 16.0. The van der Waals surface area contributed by atoms with Gasteiger partial charge in [0, 0.05) is 30.6 Å². The summed E-state index contributed by atoms with van der Waals surface area (Å²) in [4.78, 5) is 12.5. The fraction of sp³-hybridized carbons (Fsp3) is 0.238. The zero-order valence-corrected chi connectivity index (χ0v) is 14.9. The highest BCUT2D eigenvalue weighted by atomic mass is 16.5. The molecule has 0 saturated heterocycles. The monoisotopic (exact) mass is 347 g/mol. The Bertz CT molecular complexity index is 986. The molecule has 0 radical (unpaired) electrons. The summed E-state index contributed by atoms with van der Waals surface area (Å²) in [5.41, 5.74) is 6.75. The number of nitrogens with zero attached hydrogens (tertiary/aromatic N) is 2. The molecule has 1 unspecified atom stereocenters. The number of carbonyl (C=O) groups is 1. The molecule has 1 aliphatic rings. The van der Waals surface area contributed by atoms with Crippen LogP contribution in [0.15, 0.2) is 59.8 Å². The Kier molecular flexibility index (Phi) is 4.21. The topological polar surface area (TPSA) is 55.6 Å². The maximum absolute atomic E-state index is 12.5. The van der Waals surface area contributed by atoms with Gasteiger partial charge in [0.15, 0.2) is 0 Å². The Labute approximate surface area is 152 Å². The van der Waals surface area contributed by atoms with Crippen molar-refractivity contribution >= 4 is 22.5 Å². The highest BCUT2D eigenvalue weighted by molar-refractivity contribution is 6.07. The van der Waals surface area contributed by atoms with Crippen molar-refractivity contribution in [3.05, 3.63) is 65.9 Å². The largest absolute Gasteiger partial charge is 0.494 e. The van der Waals surface area contributed by atoms with Crippen molar-refractivity contribution in [2.45, 2.75) is 19.3 Å². The van der Waals surface area contributed by atoms with Crippen LogP contribution in [0.1, 0.15) is 30.4 Å². The van der Waals surface area contributed by atoms with E-state index in [1.54, 1.807) is 0 Å². The first-order chi connectivity index (χ1) is 12.7. The van der Waals surface area contributed by atoms with E-state index in [0.29, 0.717) is 13.0 Å². The normalized spacial score (nSPS) is 17.1. The van der Waals surface area contributed by atoms with Crippen molar-refractivity contribution < 1.29 is 9.53 Å². The molecule has 1 amide bonds. The van der Waals surface area contributed by atoms with Gasteiger partial charge < -0.3 is 9.30 Å². The third kappa shape index (κ3) is 2.86. The SMILES string of the molecule is CCOc1ccc(C2=NNC(=O)C(c3cn(C)c4ccccc34)C2)cc1. The van der Waals surface area contributed by atoms with E-state index in [-0.39, 0.29) is 11.8 Å². The van der Waals surface area contributed by atoms with Gasteiger partial charge in [0.25, 0.3) is 0 Å². The standard InChI is InChI=1S/C21H21N3O2/c1-3-26-15-10-8-14(9-11-15)19-12-17(21(25)23-22-19)18-13-24(2)20-7-5-4-6-16(18)20/h4-11,13,17H,3,12H2,1-2H3,(H,23,25). The molecule has 0 aliphatic carbocycles. The van der Waals surface area contributed by atoms with Crippen LogP contribution in [-0.4, -0.2) is 22.8 Å². The molecule has 1 N–H and O–H groups in total. The van der Waals surface area contributed by atoms with E-state index in [4.69, 9.17) is 4.74 Å². The van der Waals surface area contributed by atoms with Crippen LogP contribution >= 0.6 is 0 Å². The molecule has 1 atom stereocenters. The summed E-state index contributed by atoms with van der Waals surface area (Å²) >= 11 is 0. The molecule has 26 heavy (non-hydrogen) atoms. The first-order valence-electron chi connectivity index (χ1n) is 8.81. The number of hydrazone groups is 1. The van der Waals surface area contributed by atoms with Crippen molar-refractivity contribution in [2.24, 2.45) is 12.1 Å². The number of fused-ring (bicyclic) bond motifs is 1. The minimum Gasteiger partial charge on any atom is -0.494 e. The van der Waals surface area contributed by atoms with Gasteiger partial charge in [-0.25, -0.2) is 5.43 Å². The first kappa shape index (κ1) is 16.4. The Morgan fingerprint density at radius 1 is 1.19 bits per heavy atom. The van der Waals surface area contributed by atoms with Gasteiger partial charge >= 0.3 is 0 Å². The third-order valence-electron chi connectivity index (χ3n) is 4.82. The summed E-state index contributed by atoms with van der Waals surface area (Å²) in [6.07, 6.45) is 2.63. The van der Waals surface area contributed by atoms with Crippen molar-refractivity contribution in [2.75, 3.05) is 6.61 Å². The fourth-order valence-corrected chi connectivity index (χ4v) is 3.53. The second kappa shape index (κ2) is 6.67. The maximum Gasteiger partial charge on any atom is 0.248 e. The van der Waals surface area contributed by atoms with Crippen LogP contribution in [0, 0.1) is 0 Å². The number of amides is 1. The lowest BCUT2D eigenvalue weighted by Crippen LogP contribution is -2.33. The minimum absolute atomic E-state index is 0.0592. The van der Waals surface area contributed by atoms with Gasteiger partial charge in [-0.1, -0.05) is 18.2 Å². The van der Waals surface area contributed by atoms with Gasteiger partial charge in [0.2, 0.25) is 5.91 Å². The van der Waals surface area contributed by atoms with Gasteiger partial charge in [-0.2, -0.15) is 5.10 Å². The highest BCUT2D eigenvalue weighted by Gasteiger charge is 2.29. The fourth-order valence-electron chi connectivity index (χ4n) is 3.53. The number of rotatable bonds is 4. The predicted octanol–water partition coefficient (Wildman–Crippen LogP) is 3.58. The van der Waals surface area contributed by atoms with Crippen LogP contribution < -0.4 is 10.2 Å². The first-order valence-corrected chi connectivity index (χ1v) is 8.81. The Hall–Kier alpha value is -3.08. The van der Waals surface area contributed by atoms with E-state index >= 15 is 0 Å². The molecule has 5 nitrogen and oxygen atoms in total. The molecule has 1 aromatic heterocycles. The van der Waals surface area contributed by atoms with Crippen LogP contribution in [0.25, 0.3) is 10.9 Å². The Balaban J connectivity index is 1.66. The van der Waals surface area contributed by atoms with Crippen LogP contribution in [0.3, 0.4) is 0 Å².